The second-order valence-corrected chi connectivity index (χ2v) is 6.08. The van der Waals surface area contributed by atoms with Crippen LogP contribution in [-0.4, -0.2) is 11.8 Å². The molecule has 0 N–H and O–H groups in total. The lowest BCUT2D eigenvalue weighted by Gasteiger charge is -2.05. The summed E-state index contributed by atoms with van der Waals surface area (Å²) in [5.41, 5.74) is 1.35. The first kappa shape index (κ1) is 20.3. The van der Waals surface area contributed by atoms with E-state index >= 15 is 0 Å². The van der Waals surface area contributed by atoms with Gasteiger partial charge >= 0.3 is 0 Å². The minimum atomic E-state index is -0.827. The van der Waals surface area contributed by atoms with Crippen molar-refractivity contribution in [2.45, 2.75) is 6.92 Å². The van der Waals surface area contributed by atoms with Gasteiger partial charge in [-0.1, -0.05) is 24.0 Å². The summed E-state index contributed by atoms with van der Waals surface area (Å²) in [5, 5.41) is 1.95. The summed E-state index contributed by atoms with van der Waals surface area (Å²) in [5.74, 6) is 3.96. The SMILES string of the molecule is CCOc1ccc(C#Cc2ccc(-c3cc(F)c(N=C=S)c(F)c3)cc2)c(F)c1. The van der Waals surface area contributed by atoms with Crippen LogP contribution in [0.25, 0.3) is 11.1 Å². The van der Waals surface area contributed by atoms with Crippen molar-refractivity contribution in [2.24, 2.45) is 4.99 Å². The third-order valence-electron chi connectivity index (χ3n) is 3.99. The highest BCUT2D eigenvalue weighted by atomic mass is 32.1. The van der Waals surface area contributed by atoms with E-state index in [9.17, 15) is 13.2 Å². The second-order valence-electron chi connectivity index (χ2n) is 5.89. The molecule has 3 aromatic rings. The molecule has 0 aromatic heterocycles. The van der Waals surface area contributed by atoms with Crippen LogP contribution in [0.4, 0.5) is 18.9 Å². The fourth-order valence-electron chi connectivity index (χ4n) is 2.62. The Labute approximate surface area is 171 Å². The Morgan fingerprint density at radius 3 is 2.14 bits per heavy atom. The molecule has 6 heteroatoms. The van der Waals surface area contributed by atoms with Crippen molar-refractivity contribution < 1.29 is 17.9 Å². The van der Waals surface area contributed by atoms with Crippen LogP contribution in [0.5, 0.6) is 5.75 Å². The van der Waals surface area contributed by atoms with Crippen LogP contribution in [0.15, 0.2) is 59.6 Å². The first-order valence-electron chi connectivity index (χ1n) is 8.63. The van der Waals surface area contributed by atoms with Gasteiger partial charge < -0.3 is 4.74 Å². The summed E-state index contributed by atoms with van der Waals surface area (Å²) in [4.78, 5) is 3.39. The van der Waals surface area contributed by atoms with Crippen molar-refractivity contribution in [3.05, 3.63) is 83.2 Å². The van der Waals surface area contributed by atoms with E-state index in [2.05, 4.69) is 29.1 Å². The van der Waals surface area contributed by atoms with Gasteiger partial charge in [-0.3, -0.25) is 0 Å². The molecule has 0 aliphatic carbocycles. The van der Waals surface area contributed by atoms with Crippen molar-refractivity contribution >= 4 is 23.1 Å². The largest absolute Gasteiger partial charge is 0.494 e. The number of aliphatic imine (C=N–C) groups is 1. The molecule has 3 rings (SSSR count). The van der Waals surface area contributed by atoms with Gasteiger partial charge in [0.05, 0.1) is 17.3 Å². The van der Waals surface area contributed by atoms with Crippen molar-refractivity contribution in [2.75, 3.05) is 6.61 Å². The molecule has 0 bridgehead atoms. The second kappa shape index (κ2) is 9.20. The maximum atomic E-state index is 14.1. The lowest BCUT2D eigenvalue weighted by Crippen LogP contribution is -1.93. The highest BCUT2D eigenvalue weighted by Gasteiger charge is 2.11. The van der Waals surface area contributed by atoms with E-state index < -0.39 is 23.1 Å². The molecule has 0 heterocycles. The van der Waals surface area contributed by atoms with E-state index in [-0.39, 0.29) is 5.56 Å². The van der Waals surface area contributed by atoms with Gasteiger partial charge in [-0.15, -0.1) is 0 Å². The molecular weight excluding hydrogens is 395 g/mol. The Morgan fingerprint density at radius 2 is 1.55 bits per heavy atom. The molecule has 3 aromatic carbocycles. The lowest BCUT2D eigenvalue weighted by molar-refractivity contribution is 0.338. The van der Waals surface area contributed by atoms with Gasteiger partial charge in [0.15, 0.2) is 11.6 Å². The van der Waals surface area contributed by atoms with Gasteiger partial charge in [0.25, 0.3) is 0 Å². The van der Waals surface area contributed by atoms with Crippen molar-refractivity contribution in [3.63, 3.8) is 0 Å². The fraction of sp³-hybridized carbons (Fsp3) is 0.0870. The highest BCUT2D eigenvalue weighted by molar-refractivity contribution is 7.78. The molecule has 0 unspecified atom stereocenters. The molecule has 0 radical (unpaired) electrons. The molecule has 0 fully saturated rings. The maximum absolute atomic E-state index is 14.1. The molecule has 144 valence electrons. The number of ether oxygens (including phenoxy) is 1. The van der Waals surface area contributed by atoms with E-state index in [4.69, 9.17) is 4.74 Å². The number of benzene rings is 3. The monoisotopic (exact) mass is 409 g/mol. The Hall–Kier alpha value is -3.39. The summed E-state index contributed by atoms with van der Waals surface area (Å²) >= 11 is 4.39. The number of isothiocyanates is 1. The van der Waals surface area contributed by atoms with Crippen LogP contribution in [0.1, 0.15) is 18.1 Å². The third-order valence-corrected chi connectivity index (χ3v) is 4.08. The van der Waals surface area contributed by atoms with Crippen molar-refractivity contribution in [3.8, 4) is 28.7 Å². The van der Waals surface area contributed by atoms with Gasteiger partial charge in [-0.2, -0.15) is 4.99 Å². The first-order chi connectivity index (χ1) is 14.0. The van der Waals surface area contributed by atoms with Crippen molar-refractivity contribution in [1.29, 1.82) is 0 Å². The summed E-state index contributed by atoms with van der Waals surface area (Å²) in [6.45, 7) is 2.27. The summed E-state index contributed by atoms with van der Waals surface area (Å²) in [6, 6.07) is 13.6. The van der Waals surface area contributed by atoms with Gasteiger partial charge in [0.1, 0.15) is 17.3 Å². The summed E-state index contributed by atoms with van der Waals surface area (Å²) in [7, 11) is 0. The molecular formula is C23H14F3NOS. The van der Waals surface area contributed by atoms with Crippen LogP contribution in [-0.2, 0) is 0 Å². The van der Waals surface area contributed by atoms with E-state index in [1.165, 1.54) is 18.2 Å². The predicted octanol–water partition coefficient (Wildman–Crippen LogP) is 6.30. The van der Waals surface area contributed by atoms with Gasteiger partial charge in [0.2, 0.25) is 0 Å². The fourth-order valence-corrected chi connectivity index (χ4v) is 2.72. The van der Waals surface area contributed by atoms with Crippen LogP contribution in [0, 0.1) is 29.3 Å². The van der Waals surface area contributed by atoms with Gasteiger partial charge in [0, 0.05) is 11.6 Å². The zero-order valence-corrected chi connectivity index (χ0v) is 16.1. The standard InChI is InChI=1S/C23H14F3NOS/c1-2-28-19-10-9-17(20(24)13-19)8-5-15-3-6-16(7-4-15)18-11-21(25)23(27-14-29)22(26)12-18/h3-4,6-7,9-13H,2H2,1H3. The first-order valence-corrected chi connectivity index (χ1v) is 9.04. The average Bonchev–Trinajstić information content (AvgIpc) is 2.70. The average molecular weight is 409 g/mol. The molecule has 0 aliphatic heterocycles. The van der Waals surface area contributed by atoms with Gasteiger partial charge in [-0.25, -0.2) is 13.2 Å². The zero-order valence-electron chi connectivity index (χ0n) is 15.3. The van der Waals surface area contributed by atoms with Crippen LogP contribution in [0.2, 0.25) is 0 Å². The highest BCUT2D eigenvalue weighted by Crippen LogP contribution is 2.29. The zero-order chi connectivity index (χ0) is 20.8. The summed E-state index contributed by atoms with van der Waals surface area (Å²) < 4.78 is 47.3. The Bertz CT molecular complexity index is 1130. The Morgan fingerprint density at radius 1 is 0.862 bits per heavy atom. The molecule has 0 atom stereocenters. The third kappa shape index (κ3) is 4.91. The molecule has 0 spiro atoms. The van der Waals surface area contributed by atoms with E-state index in [0.29, 0.717) is 29.0 Å². The quantitative estimate of drug-likeness (QED) is 0.286. The minimum absolute atomic E-state index is 0.247. The van der Waals surface area contributed by atoms with Gasteiger partial charge in [-0.05, 0) is 66.7 Å². The lowest BCUT2D eigenvalue weighted by atomic mass is 10.0. The van der Waals surface area contributed by atoms with Crippen LogP contribution < -0.4 is 4.74 Å². The molecule has 29 heavy (non-hydrogen) atoms. The molecule has 2 nitrogen and oxygen atoms in total. The summed E-state index contributed by atoms with van der Waals surface area (Å²) in [6.07, 6.45) is 0. The predicted molar refractivity (Wildman–Crippen MR) is 110 cm³/mol. The van der Waals surface area contributed by atoms with Crippen molar-refractivity contribution in [1.82, 2.24) is 0 Å². The van der Waals surface area contributed by atoms with E-state index in [1.807, 2.05) is 12.1 Å². The van der Waals surface area contributed by atoms with E-state index in [0.717, 1.165) is 0 Å². The molecule has 0 saturated heterocycles. The normalized spacial score (nSPS) is 9.93. The molecule has 0 aliphatic rings. The Balaban J connectivity index is 1.83. The topological polar surface area (TPSA) is 21.6 Å². The molecule has 0 saturated carbocycles. The number of hydrogen-bond donors (Lipinski definition) is 0. The number of halogens is 3. The maximum Gasteiger partial charge on any atom is 0.153 e. The smallest absolute Gasteiger partial charge is 0.153 e. The number of hydrogen-bond acceptors (Lipinski definition) is 3. The number of nitrogens with zero attached hydrogens (tertiary/aromatic N) is 1. The number of rotatable bonds is 4. The number of thiocarbonyl (C=S) groups is 1. The van der Waals surface area contributed by atoms with E-state index in [1.54, 1.807) is 36.4 Å². The minimum Gasteiger partial charge on any atom is -0.494 e. The van der Waals surface area contributed by atoms with Crippen LogP contribution in [0.3, 0.4) is 0 Å². The molecule has 0 amide bonds. The van der Waals surface area contributed by atoms with Crippen LogP contribution >= 0.6 is 12.2 Å². The Kier molecular flexibility index (Phi) is 6.46.